The lowest BCUT2D eigenvalue weighted by atomic mass is 10.1. The van der Waals surface area contributed by atoms with Gasteiger partial charge in [0.15, 0.2) is 5.78 Å². The summed E-state index contributed by atoms with van der Waals surface area (Å²) in [4.78, 5) is 35.4. The quantitative estimate of drug-likeness (QED) is 0.602. The van der Waals surface area contributed by atoms with Crippen LogP contribution in [0.5, 0.6) is 0 Å². The first-order chi connectivity index (χ1) is 11.9. The van der Waals surface area contributed by atoms with Crippen molar-refractivity contribution < 1.29 is 23.5 Å². The Bertz CT molecular complexity index is 779. The second-order valence-electron chi connectivity index (χ2n) is 5.38. The fraction of sp³-hybridized carbons (Fsp3) is 0.278. The summed E-state index contributed by atoms with van der Waals surface area (Å²) in [5, 5.41) is 3.20. The van der Waals surface area contributed by atoms with Crippen LogP contribution in [-0.4, -0.2) is 24.8 Å². The molecule has 2 aromatic rings. The zero-order valence-electron chi connectivity index (χ0n) is 13.9. The third-order valence-electron chi connectivity index (χ3n) is 3.58. The average molecular weight is 364 g/mol. The summed E-state index contributed by atoms with van der Waals surface area (Å²) >= 11 is 5.77. The number of rotatable bonds is 7. The topological polar surface area (TPSA) is 85.6 Å². The second kappa shape index (κ2) is 8.48. The van der Waals surface area contributed by atoms with Crippen molar-refractivity contribution in [2.24, 2.45) is 0 Å². The number of hydrogen-bond donors (Lipinski definition) is 1. The Kier molecular flexibility index (Phi) is 6.36. The number of benzene rings is 1. The maximum Gasteiger partial charge on any atom is 0.341 e. The molecule has 1 amide bonds. The van der Waals surface area contributed by atoms with Crippen molar-refractivity contribution in [1.82, 2.24) is 5.32 Å². The fourth-order valence-electron chi connectivity index (χ4n) is 2.22. The maximum atomic E-state index is 12.0. The Hall–Kier alpha value is -2.60. The summed E-state index contributed by atoms with van der Waals surface area (Å²) in [5.41, 5.74) is 0.839. The minimum Gasteiger partial charge on any atom is -0.465 e. The lowest BCUT2D eigenvalue weighted by Gasteiger charge is -2.03. The molecule has 0 radical (unpaired) electrons. The molecule has 0 saturated heterocycles. The average Bonchev–Trinajstić information content (AvgIpc) is 2.98. The molecule has 0 atom stereocenters. The van der Waals surface area contributed by atoms with Gasteiger partial charge < -0.3 is 14.5 Å². The highest BCUT2D eigenvalue weighted by atomic mass is 35.5. The highest BCUT2D eigenvalue weighted by Crippen LogP contribution is 2.16. The molecular weight excluding hydrogens is 346 g/mol. The molecule has 0 spiro atoms. The van der Waals surface area contributed by atoms with Crippen molar-refractivity contribution in [1.29, 1.82) is 0 Å². The lowest BCUT2D eigenvalue weighted by Crippen LogP contribution is -2.23. The lowest BCUT2D eigenvalue weighted by molar-refractivity contribution is -0.121. The summed E-state index contributed by atoms with van der Waals surface area (Å²) in [7, 11) is 1.29. The highest BCUT2D eigenvalue weighted by molar-refractivity contribution is 6.30. The van der Waals surface area contributed by atoms with Crippen LogP contribution in [0.2, 0.25) is 5.02 Å². The van der Waals surface area contributed by atoms with Crippen LogP contribution < -0.4 is 5.32 Å². The molecule has 0 aliphatic rings. The van der Waals surface area contributed by atoms with E-state index in [0.717, 1.165) is 0 Å². The number of furan rings is 1. The van der Waals surface area contributed by atoms with Crippen molar-refractivity contribution in [3.05, 3.63) is 58.0 Å². The number of nitrogens with one attached hydrogen (secondary N) is 1. The third kappa shape index (κ3) is 5.19. The van der Waals surface area contributed by atoms with E-state index in [-0.39, 0.29) is 31.1 Å². The van der Waals surface area contributed by atoms with Crippen LogP contribution in [0.1, 0.15) is 45.1 Å². The summed E-state index contributed by atoms with van der Waals surface area (Å²) in [6.45, 7) is 1.77. The first-order valence-electron chi connectivity index (χ1n) is 7.63. The van der Waals surface area contributed by atoms with E-state index >= 15 is 0 Å². The van der Waals surface area contributed by atoms with Gasteiger partial charge in [-0.3, -0.25) is 9.59 Å². The predicted octanol–water partition coefficient (Wildman–Crippen LogP) is 3.31. The Labute approximate surface area is 150 Å². The van der Waals surface area contributed by atoms with Gasteiger partial charge in [0.25, 0.3) is 0 Å². The van der Waals surface area contributed by atoms with Crippen molar-refractivity contribution in [2.75, 3.05) is 7.11 Å². The van der Waals surface area contributed by atoms with Crippen LogP contribution >= 0.6 is 11.6 Å². The predicted molar refractivity (Wildman–Crippen MR) is 91.6 cm³/mol. The number of ether oxygens (including phenoxy) is 1. The number of carbonyl (C=O) groups excluding carboxylic acids is 3. The number of halogens is 1. The smallest absolute Gasteiger partial charge is 0.341 e. The van der Waals surface area contributed by atoms with E-state index < -0.39 is 5.97 Å². The number of carbonyl (C=O) groups is 3. The van der Waals surface area contributed by atoms with Crippen LogP contribution in [0.3, 0.4) is 0 Å². The SMILES string of the molecule is COC(=O)c1cc(CNC(=O)CCC(=O)c2ccc(Cl)cc2)oc1C. The number of esters is 1. The number of ketones is 1. The third-order valence-corrected chi connectivity index (χ3v) is 3.83. The first-order valence-corrected chi connectivity index (χ1v) is 8.01. The van der Waals surface area contributed by atoms with E-state index in [2.05, 4.69) is 10.1 Å². The molecule has 2 rings (SSSR count). The zero-order chi connectivity index (χ0) is 18.4. The summed E-state index contributed by atoms with van der Waals surface area (Å²) in [5.74, 6) is -0.0405. The van der Waals surface area contributed by atoms with Gasteiger partial charge in [0.05, 0.1) is 13.7 Å². The van der Waals surface area contributed by atoms with Gasteiger partial charge in [-0.2, -0.15) is 0 Å². The molecule has 1 N–H and O–H groups in total. The molecule has 6 nitrogen and oxygen atoms in total. The van der Waals surface area contributed by atoms with Crippen molar-refractivity contribution >= 4 is 29.3 Å². The number of methoxy groups -OCH3 is 1. The van der Waals surface area contributed by atoms with Gasteiger partial charge in [-0.05, 0) is 37.3 Å². The first kappa shape index (κ1) is 18.7. The Morgan fingerprint density at radius 3 is 2.48 bits per heavy atom. The highest BCUT2D eigenvalue weighted by Gasteiger charge is 2.16. The molecule has 0 aliphatic carbocycles. The van der Waals surface area contributed by atoms with Gasteiger partial charge in [-0.25, -0.2) is 4.79 Å². The molecule has 1 aromatic carbocycles. The Balaban J connectivity index is 1.82. The zero-order valence-corrected chi connectivity index (χ0v) is 14.7. The van der Waals surface area contributed by atoms with Crippen LogP contribution in [0.25, 0.3) is 0 Å². The van der Waals surface area contributed by atoms with Crippen molar-refractivity contribution in [3.8, 4) is 0 Å². The van der Waals surface area contributed by atoms with Gasteiger partial charge in [-0.1, -0.05) is 11.6 Å². The molecule has 0 fully saturated rings. The van der Waals surface area contributed by atoms with Crippen LogP contribution in [0.15, 0.2) is 34.7 Å². The van der Waals surface area contributed by atoms with E-state index in [1.54, 1.807) is 31.2 Å². The van der Waals surface area contributed by atoms with Gasteiger partial charge in [0.2, 0.25) is 5.91 Å². The number of aryl methyl sites for hydroxylation is 1. The molecule has 7 heteroatoms. The van der Waals surface area contributed by atoms with Crippen LogP contribution in [0.4, 0.5) is 0 Å². The molecule has 132 valence electrons. The van der Waals surface area contributed by atoms with Gasteiger partial charge in [0.1, 0.15) is 17.1 Å². The van der Waals surface area contributed by atoms with E-state index in [0.29, 0.717) is 27.7 Å². The summed E-state index contributed by atoms with van der Waals surface area (Å²) in [6.07, 6.45) is 0.156. The van der Waals surface area contributed by atoms with E-state index in [4.69, 9.17) is 16.0 Å². The van der Waals surface area contributed by atoms with Gasteiger partial charge in [0, 0.05) is 23.4 Å². The number of Topliss-reactive ketones (excluding diaryl/α,β-unsaturated/α-hetero) is 1. The molecule has 0 aliphatic heterocycles. The Morgan fingerprint density at radius 1 is 1.16 bits per heavy atom. The van der Waals surface area contributed by atoms with Crippen molar-refractivity contribution in [2.45, 2.75) is 26.3 Å². The second-order valence-corrected chi connectivity index (χ2v) is 5.82. The standard InChI is InChI=1S/C18H18ClNO5/c1-11-15(18(23)24-2)9-14(25-11)10-20-17(22)8-7-16(21)12-3-5-13(19)6-4-12/h3-6,9H,7-8,10H2,1-2H3,(H,20,22). The number of hydrogen-bond acceptors (Lipinski definition) is 5. The molecular formula is C18H18ClNO5. The summed E-state index contributed by atoms with van der Waals surface area (Å²) < 4.78 is 10.0. The van der Waals surface area contributed by atoms with Gasteiger partial charge >= 0.3 is 5.97 Å². The van der Waals surface area contributed by atoms with E-state index in [9.17, 15) is 14.4 Å². The minimum atomic E-state index is -0.493. The molecule has 1 heterocycles. The van der Waals surface area contributed by atoms with Crippen molar-refractivity contribution in [3.63, 3.8) is 0 Å². The van der Waals surface area contributed by atoms with E-state index in [1.807, 2.05) is 0 Å². The molecule has 1 aromatic heterocycles. The Morgan fingerprint density at radius 2 is 1.84 bits per heavy atom. The largest absolute Gasteiger partial charge is 0.465 e. The number of amides is 1. The van der Waals surface area contributed by atoms with E-state index in [1.165, 1.54) is 13.2 Å². The molecule has 0 bridgehead atoms. The van der Waals surface area contributed by atoms with Crippen LogP contribution in [-0.2, 0) is 16.1 Å². The van der Waals surface area contributed by atoms with Gasteiger partial charge in [-0.15, -0.1) is 0 Å². The molecule has 25 heavy (non-hydrogen) atoms. The summed E-state index contributed by atoms with van der Waals surface area (Å²) in [6, 6.07) is 8.05. The fourth-order valence-corrected chi connectivity index (χ4v) is 2.35. The normalized spacial score (nSPS) is 10.4. The molecule has 0 saturated carbocycles. The minimum absolute atomic E-state index is 0.0605. The molecule has 0 unspecified atom stereocenters. The van der Waals surface area contributed by atoms with Crippen LogP contribution in [0, 0.1) is 6.92 Å². The monoisotopic (exact) mass is 363 g/mol. The maximum absolute atomic E-state index is 12.0.